The summed E-state index contributed by atoms with van der Waals surface area (Å²) in [6.45, 7) is 6.85. The number of likely N-dealkylation sites (tertiary alicyclic amines) is 1. The summed E-state index contributed by atoms with van der Waals surface area (Å²) < 4.78 is 6.21. The Bertz CT molecular complexity index is 673. The van der Waals surface area contributed by atoms with E-state index in [9.17, 15) is 15.3 Å². The van der Waals surface area contributed by atoms with Crippen LogP contribution in [0.4, 0.5) is 0 Å². The molecular formula is C22H35NO4. The molecule has 12 atom stereocenters. The lowest BCUT2D eigenvalue weighted by Crippen LogP contribution is -2.75. The van der Waals surface area contributed by atoms with Crippen LogP contribution in [0, 0.1) is 40.4 Å². The van der Waals surface area contributed by atoms with Crippen LogP contribution >= 0.6 is 0 Å². The lowest BCUT2D eigenvalue weighted by molar-refractivity contribution is -0.269. The average molecular weight is 378 g/mol. The summed E-state index contributed by atoms with van der Waals surface area (Å²) in [5, 5.41) is 34.0. The molecule has 1 spiro atoms. The summed E-state index contributed by atoms with van der Waals surface area (Å²) in [5.74, 6) is 0.797. The lowest BCUT2D eigenvalue weighted by atomic mass is 9.43. The Morgan fingerprint density at radius 3 is 2.67 bits per heavy atom. The molecule has 1 heterocycles. The van der Waals surface area contributed by atoms with Crippen LogP contribution in [-0.4, -0.2) is 70.4 Å². The van der Waals surface area contributed by atoms with Gasteiger partial charge in [0.1, 0.15) is 0 Å². The van der Waals surface area contributed by atoms with Crippen molar-refractivity contribution in [3.05, 3.63) is 0 Å². The fourth-order valence-electron chi connectivity index (χ4n) is 10.1. The molecule has 0 aromatic rings. The molecule has 5 saturated carbocycles. The largest absolute Gasteiger partial charge is 0.393 e. The summed E-state index contributed by atoms with van der Waals surface area (Å²) in [6.07, 6.45) is 3.68. The number of fused-ring (bicyclic) bond motifs is 2. The molecule has 6 rings (SSSR count). The van der Waals surface area contributed by atoms with Crippen LogP contribution in [0.3, 0.4) is 0 Å². The Kier molecular flexibility index (Phi) is 3.33. The molecule has 7 bridgehead atoms. The molecule has 6 aliphatic rings. The smallest absolute Gasteiger partial charge is 0.0771 e. The van der Waals surface area contributed by atoms with Crippen LogP contribution in [0.2, 0.25) is 0 Å². The minimum absolute atomic E-state index is 0.0252. The number of ether oxygens (including phenoxy) is 1. The van der Waals surface area contributed by atoms with Crippen molar-refractivity contribution in [2.75, 3.05) is 20.2 Å². The topological polar surface area (TPSA) is 73.2 Å². The highest BCUT2D eigenvalue weighted by atomic mass is 16.5. The monoisotopic (exact) mass is 377 g/mol. The van der Waals surface area contributed by atoms with E-state index in [2.05, 4.69) is 18.7 Å². The van der Waals surface area contributed by atoms with Crippen molar-refractivity contribution in [2.45, 2.75) is 75.9 Å². The Morgan fingerprint density at radius 2 is 1.96 bits per heavy atom. The number of rotatable bonds is 2. The van der Waals surface area contributed by atoms with Gasteiger partial charge in [-0.15, -0.1) is 0 Å². The van der Waals surface area contributed by atoms with Gasteiger partial charge in [0.25, 0.3) is 0 Å². The van der Waals surface area contributed by atoms with E-state index < -0.39 is 17.8 Å². The van der Waals surface area contributed by atoms with Gasteiger partial charge in [-0.1, -0.05) is 13.8 Å². The number of aliphatic hydroxyl groups is 3. The predicted molar refractivity (Wildman–Crippen MR) is 99.9 cm³/mol. The van der Waals surface area contributed by atoms with Crippen molar-refractivity contribution in [1.29, 1.82) is 0 Å². The summed E-state index contributed by atoms with van der Waals surface area (Å²) in [5.41, 5.74) is -0.634. The minimum Gasteiger partial charge on any atom is -0.393 e. The lowest BCUT2D eigenvalue weighted by Gasteiger charge is -2.69. The fourth-order valence-corrected chi connectivity index (χ4v) is 10.1. The van der Waals surface area contributed by atoms with E-state index in [0.717, 1.165) is 32.4 Å². The Balaban J connectivity index is 1.61. The van der Waals surface area contributed by atoms with Gasteiger partial charge < -0.3 is 20.1 Å². The highest BCUT2D eigenvalue weighted by Gasteiger charge is 2.82. The Hall–Kier alpha value is -0.200. The molecule has 5 nitrogen and oxygen atoms in total. The molecule has 152 valence electrons. The van der Waals surface area contributed by atoms with E-state index in [4.69, 9.17) is 4.74 Å². The first-order valence-corrected chi connectivity index (χ1v) is 11.2. The van der Waals surface area contributed by atoms with Gasteiger partial charge >= 0.3 is 0 Å². The number of aliphatic hydroxyl groups excluding tert-OH is 2. The van der Waals surface area contributed by atoms with Crippen molar-refractivity contribution in [3.63, 3.8) is 0 Å². The van der Waals surface area contributed by atoms with Gasteiger partial charge in [-0.25, -0.2) is 0 Å². The molecule has 6 fully saturated rings. The molecular weight excluding hydrogens is 342 g/mol. The predicted octanol–water partition coefficient (Wildman–Crippen LogP) is 1.25. The van der Waals surface area contributed by atoms with Crippen molar-refractivity contribution in [3.8, 4) is 0 Å². The van der Waals surface area contributed by atoms with Crippen molar-refractivity contribution >= 4 is 0 Å². The molecule has 3 N–H and O–H groups in total. The first-order valence-electron chi connectivity index (χ1n) is 11.2. The maximum atomic E-state index is 12.0. The summed E-state index contributed by atoms with van der Waals surface area (Å²) in [4.78, 5) is 2.65. The second-order valence-corrected chi connectivity index (χ2v) is 11.1. The maximum Gasteiger partial charge on any atom is 0.0771 e. The third-order valence-corrected chi connectivity index (χ3v) is 10.7. The van der Waals surface area contributed by atoms with Crippen LogP contribution in [-0.2, 0) is 4.74 Å². The molecule has 0 radical (unpaired) electrons. The quantitative estimate of drug-likeness (QED) is 0.676. The SMILES string of the molecule is CCN1CC2(C)CCC(OC)C34C5CC6C(O)CC(O)(C(CC23)C14)C5C6O. The maximum absolute atomic E-state index is 12.0. The molecule has 27 heavy (non-hydrogen) atoms. The molecule has 0 aromatic carbocycles. The molecule has 5 aliphatic carbocycles. The van der Waals surface area contributed by atoms with Crippen LogP contribution in [0.25, 0.3) is 0 Å². The van der Waals surface area contributed by atoms with E-state index in [1.807, 2.05) is 7.11 Å². The van der Waals surface area contributed by atoms with Crippen molar-refractivity contribution in [1.82, 2.24) is 4.90 Å². The zero-order valence-electron chi connectivity index (χ0n) is 16.8. The van der Waals surface area contributed by atoms with E-state index >= 15 is 0 Å². The van der Waals surface area contributed by atoms with Crippen molar-refractivity contribution in [2.24, 2.45) is 40.4 Å². The molecule has 0 aromatic heterocycles. The van der Waals surface area contributed by atoms with Gasteiger partial charge in [0.15, 0.2) is 0 Å². The third kappa shape index (κ3) is 1.66. The van der Waals surface area contributed by atoms with Gasteiger partial charge in [0, 0.05) is 49.3 Å². The summed E-state index contributed by atoms with van der Waals surface area (Å²) in [6, 6.07) is 0.327. The molecule has 0 amide bonds. The fraction of sp³-hybridized carbons (Fsp3) is 1.00. The molecule has 1 saturated heterocycles. The van der Waals surface area contributed by atoms with Crippen LogP contribution in [0.15, 0.2) is 0 Å². The summed E-state index contributed by atoms with van der Waals surface area (Å²) in [7, 11) is 1.87. The number of nitrogens with zero attached hydrogens (tertiary/aromatic N) is 1. The van der Waals surface area contributed by atoms with Gasteiger partial charge in [-0.3, -0.25) is 4.90 Å². The normalized spacial score (nSPS) is 66.2. The molecule has 1 aliphatic heterocycles. The Morgan fingerprint density at radius 1 is 1.19 bits per heavy atom. The minimum atomic E-state index is -0.930. The van der Waals surface area contributed by atoms with Gasteiger partial charge in [-0.05, 0) is 49.5 Å². The van der Waals surface area contributed by atoms with Gasteiger partial charge in [-0.2, -0.15) is 0 Å². The van der Waals surface area contributed by atoms with E-state index in [1.54, 1.807) is 0 Å². The molecule has 5 heteroatoms. The van der Waals surface area contributed by atoms with E-state index in [-0.39, 0.29) is 40.6 Å². The second-order valence-electron chi connectivity index (χ2n) is 11.1. The third-order valence-electron chi connectivity index (χ3n) is 10.7. The highest BCUT2D eigenvalue weighted by molar-refractivity contribution is 5.32. The Labute approximate surface area is 162 Å². The molecule has 12 unspecified atom stereocenters. The zero-order chi connectivity index (χ0) is 18.9. The zero-order valence-corrected chi connectivity index (χ0v) is 16.8. The second kappa shape index (κ2) is 5.10. The van der Waals surface area contributed by atoms with Gasteiger partial charge in [0.05, 0.1) is 23.9 Å². The van der Waals surface area contributed by atoms with Crippen LogP contribution < -0.4 is 0 Å². The standard InChI is InChI=1S/C22H35NO4/c1-4-23-10-20(2)6-5-16(27-3)22-12-7-11-14(24)9-21(26,17(12)18(11)25)13(19(22)23)8-15(20)22/h11-19,24-26H,4-10H2,1-3H3. The number of hydrogen-bond donors (Lipinski definition) is 3. The first-order chi connectivity index (χ1) is 12.8. The van der Waals surface area contributed by atoms with E-state index in [0.29, 0.717) is 18.4 Å². The van der Waals surface area contributed by atoms with Crippen LogP contribution in [0.5, 0.6) is 0 Å². The van der Waals surface area contributed by atoms with Crippen molar-refractivity contribution < 1.29 is 20.1 Å². The van der Waals surface area contributed by atoms with Crippen LogP contribution in [0.1, 0.15) is 46.0 Å². The number of hydrogen-bond acceptors (Lipinski definition) is 5. The summed E-state index contributed by atoms with van der Waals surface area (Å²) >= 11 is 0. The van der Waals surface area contributed by atoms with E-state index in [1.165, 1.54) is 6.42 Å². The number of methoxy groups -OCH3 is 1. The highest BCUT2D eigenvalue weighted by Crippen LogP contribution is 2.78. The average Bonchev–Trinajstić information content (AvgIpc) is 3.06. The number of piperidine rings is 1. The first kappa shape index (κ1) is 17.6. The van der Waals surface area contributed by atoms with Gasteiger partial charge in [0.2, 0.25) is 0 Å².